The second-order valence-corrected chi connectivity index (χ2v) is 6.55. The summed E-state index contributed by atoms with van der Waals surface area (Å²) < 4.78 is 13.6. The molecule has 1 N–H and O–H groups in total. The first-order valence-electron chi connectivity index (χ1n) is 7.91. The number of ether oxygens (including phenoxy) is 2. The van der Waals surface area contributed by atoms with Crippen molar-refractivity contribution in [1.82, 2.24) is 19.4 Å². The maximum Gasteiger partial charge on any atom is 0.178 e. The van der Waals surface area contributed by atoms with Crippen LogP contribution >= 0.6 is 15.9 Å². The van der Waals surface area contributed by atoms with E-state index in [0.29, 0.717) is 18.0 Å². The second kappa shape index (κ2) is 6.80. The van der Waals surface area contributed by atoms with Gasteiger partial charge < -0.3 is 14.8 Å². The van der Waals surface area contributed by atoms with Gasteiger partial charge in [-0.25, -0.2) is 15.0 Å². The van der Waals surface area contributed by atoms with Crippen LogP contribution in [0.3, 0.4) is 0 Å². The van der Waals surface area contributed by atoms with Crippen molar-refractivity contribution in [3.63, 3.8) is 0 Å². The molecule has 0 unspecified atom stereocenters. The third-order valence-electron chi connectivity index (χ3n) is 4.11. The number of nitrogens with one attached hydrogen (secondary N) is 1. The molecule has 0 spiro atoms. The lowest BCUT2D eigenvalue weighted by Crippen LogP contribution is -2.06. The molecular weight excluding hydrogens is 398 g/mol. The van der Waals surface area contributed by atoms with Gasteiger partial charge in [-0.1, -0.05) is 0 Å². The van der Waals surface area contributed by atoms with Crippen molar-refractivity contribution < 1.29 is 9.47 Å². The highest BCUT2D eigenvalue weighted by molar-refractivity contribution is 9.10. The average Bonchev–Trinajstić information content (AvgIpc) is 3.16. The number of anilines is 1. The summed E-state index contributed by atoms with van der Waals surface area (Å²) in [7, 11) is 3.27. The number of halogens is 1. The summed E-state index contributed by atoms with van der Waals surface area (Å²) in [5, 5.41) is 3.36. The maximum atomic E-state index is 5.46. The standard InChI is InChI=1S/C18H16BrN5O2/c1-25-13-4-3-11(16(6-13)26-2)7-21-18-15-9-20-10-24(15)14-5-12(19)8-22-17(14)23-18/h3-6,8-10H,7H2,1-2H3,(H,21,22,23). The van der Waals surface area contributed by atoms with Crippen LogP contribution in [-0.4, -0.2) is 33.6 Å². The Morgan fingerprint density at radius 3 is 2.81 bits per heavy atom. The van der Waals surface area contributed by atoms with Gasteiger partial charge in [0.15, 0.2) is 11.5 Å². The number of nitrogens with zero attached hydrogens (tertiary/aromatic N) is 4. The zero-order valence-corrected chi connectivity index (χ0v) is 15.8. The first-order valence-corrected chi connectivity index (χ1v) is 8.71. The minimum Gasteiger partial charge on any atom is -0.497 e. The Morgan fingerprint density at radius 1 is 1.12 bits per heavy atom. The van der Waals surface area contributed by atoms with Crippen molar-refractivity contribution in [2.45, 2.75) is 6.54 Å². The Hall–Kier alpha value is -2.87. The molecule has 0 aliphatic heterocycles. The van der Waals surface area contributed by atoms with E-state index in [1.165, 1.54) is 0 Å². The Bertz CT molecular complexity index is 1100. The Kier molecular flexibility index (Phi) is 4.34. The molecule has 0 bridgehead atoms. The number of imidazole rings is 1. The van der Waals surface area contributed by atoms with Crippen molar-refractivity contribution in [2.75, 3.05) is 19.5 Å². The lowest BCUT2D eigenvalue weighted by atomic mass is 10.2. The summed E-state index contributed by atoms with van der Waals surface area (Å²) in [5.74, 6) is 2.22. The molecule has 0 saturated heterocycles. The normalized spacial score (nSPS) is 11.0. The van der Waals surface area contributed by atoms with E-state index in [4.69, 9.17) is 9.47 Å². The monoisotopic (exact) mass is 413 g/mol. The number of rotatable bonds is 5. The van der Waals surface area contributed by atoms with Crippen molar-refractivity contribution in [3.05, 3.63) is 53.0 Å². The molecule has 0 amide bonds. The number of methoxy groups -OCH3 is 2. The molecule has 7 nitrogen and oxygen atoms in total. The fourth-order valence-electron chi connectivity index (χ4n) is 2.82. The quantitative estimate of drug-likeness (QED) is 0.537. The van der Waals surface area contributed by atoms with E-state index in [-0.39, 0.29) is 0 Å². The number of fused-ring (bicyclic) bond motifs is 3. The van der Waals surface area contributed by atoms with Gasteiger partial charge in [-0.05, 0) is 34.1 Å². The van der Waals surface area contributed by atoms with Crippen LogP contribution < -0.4 is 14.8 Å². The smallest absolute Gasteiger partial charge is 0.178 e. The van der Waals surface area contributed by atoms with Gasteiger partial charge in [0.05, 0.1) is 32.3 Å². The molecule has 0 saturated carbocycles. The highest BCUT2D eigenvalue weighted by atomic mass is 79.9. The number of hydrogen-bond donors (Lipinski definition) is 1. The molecule has 8 heteroatoms. The minimum atomic E-state index is 0.545. The molecule has 3 aromatic heterocycles. The number of benzene rings is 1. The minimum absolute atomic E-state index is 0.545. The zero-order chi connectivity index (χ0) is 18.1. The van der Waals surface area contributed by atoms with Gasteiger partial charge in [0, 0.05) is 28.8 Å². The van der Waals surface area contributed by atoms with E-state index in [1.54, 1.807) is 32.9 Å². The second-order valence-electron chi connectivity index (χ2n) is 5.64. The highest BCUT2D eigenvalue weighted by Crippen LogP contribution is 2.27. The van der Waals surface area contributed by atoms with E-state index in [0.717, 1.165) is 32.6 Å². The molecule has 0 fully saturated rings. The van der Waals surface area contributed by atoms with Crippen LogP contribution in [0.4, 0.5) is 5.82 Å². The third-order valence-corrected chi connectivity index (χ3v) is 4.55. The van der Waals surface area contributed by atoms with Gasteiger partial charge >= 0.3 is 0 Å². The predicted molar refractivity (Wildman–Crippen MR) is 103 cm³/mol. The first-order chi connectivity index (χ1) is 12.7. The van der Waals surface area contributed by atoms with Crippen LogP contribution in [0.25, 0.3) is 16.7 Å². The van der Waals surface area contributed by atoms with Gasteiger partial charge in [0.1, 0.15) is 17.0 Å². The summed E-state index contributed by atoms with van der Waals surface area (Å²) in [5.41, 5.74) is 3.41. The lowest BCUT2D eigenvalue weighted by molar-refractivity contribution is 0.391. The zero-order valence-electron chi connectivity index (χ0n) is 14.2. The highest BCUT2D eigenvalue weighted by Gasteiger charge is 2.11. The van der Waals surface area contributed by atoms with Gasteiger partial charge in [-0.2, -0.15) is 0 Å². The Morgan fingerprint density at radius 2 is 2.00 bits per heavy atom. The largest absolute Gasteiger partial charge is 0.497 e. The van der Waals surface area contributed by atoms with Gasteiger partial charge in [-0.15, -0.1) is 0 Å². The molecule has 26 heavy (non-hydrogen) atoms. The molecule has 0 radical (unpaired) electrons. The van der Waals surface area contributed by atoms with Crippen molar-refractivity contribution in [1.29, 1.82) is 0 Å². The molecule has 0 aliphatic rings. The Labute approximate surface area is 158 Å². The summed E-state index contributed by atoms with van der Waals surface area (Å²) in [6.45, 7) is 0.545. The fraction of sp³-hybridized carbons (Fsp3) is 0.167. The van der Waals surface area contributed by atoms with Crippen LogP contribution in [0.15, 0.2) is 47.5 Å². The van der Waals surface area contributed by atoms with Gasteiger partial charge in [0.2, 0.25) is 0 Å². The van der Waals surface area contributed by atoms with E-state index in [1.807, 2.05) is 28.7 Å². The Balaban J connectivity index is 1.71. The van der Waals surface area contributed by atoms with Crippen molar-refractivity contribution in [2.24, 2.45) is 0 Å². The number of aromatic nitrogens is 4. The van der Waals surface area contributed by atoms with E-state index < -0.39 is 0 Å². The number of hydrogen-bond acceptors (Lipinski definition) is 6. The SMILES string of the molecule is COc1ccc(CNc2nc3ncc(Br)cc3n3cncc23)c(OC)c1. The molecule has 4 aromatic rings. The van der Waals surface area contributed by atoms with Crippen LogP contribution in [0.5, 0.6) is 11.5 Å². The number of pyridine rings is 1. The molecule has 0 atom stereocenters. The molecule has 3 heterocycles. The van der Waals surface area contributed by atoms with Crippen LogP contribution in [0, 0.1) is 0 Å². The fourth-order valence-corrected chi connectivity index (χ4v) is 3.14. The molecular formula is C18H16BrN5O2. The van der Waals surface area contributed by atoms with Gasteiger partial charge in [-0.3, -0.25) is 4.40 Å². The molecule has 1 aromatic carbocycles. The van der Waals surface area contributed by atoms with E-state index in [2.05, 4.69) is 36.2 Å². The lowest BCUT2D eigenvalue weighted by Gasteiger charge is -2.13. The average molecular weight is 414 g/mol. The predicted octanol–water partition coefficient (Wildman–Crippen LogP) is 3.67. The van der Waals surface area contributed by atoms with Crippen molar-refractivity contribution in [3.8, 4) is 11.5 Å². The first kappa shape index (κ1) is 16.6. The van der Waals surface area contributed by atoms with Crippen molar-refractivity contribution >= 4 is 38.4 Å². The van der Waals surface area contributed by atoms with E-state index in [9.17, 15) is 0 Å². The molecule has 4 rings (SSSR count). The third kappa shape index (κ3) is 2.92. The summed E-state index contributed by atoms with van der Waals surface area (Å²) in [6.07, 6.45) is 5.27. The molecule has 0 aliphatic carbocycles. The topological polar surface area (TPSA) is 73.6 Å². The summed E-state index contributed by atoms with van der Waals surface area (Å²) in [4.78, 5) is 13.3. The van der Waals surface area contributed by atoms with Crippen LogP contribution in [-0.2, 0) is 6.54 Å². The summed E-state index contributed by atoms with van der Waals surface area (Å²) in [6, 6.07) is 7.70. The van der Waals surface area contributed by atoms with E-state index >= 15 is 0 Å². The van der Waals surface area contributed by atoms with Crippen LogP contribution in [0.2, 0.25) is 0 Å². The van der Waals surface area contributed by atoms with Gasteiger partial charge in [0.25, 0.3) is 0 Å². The maximum absolute atomic E-state index is 5.46. The summed E-state index contributed by atoms with van der Waals surface area (Å²) >= 11 is 3.45. The van der Waals surface area contributed by atoms with Crippen LogP contribution in [0.1, 0.15) is 5.56 Å². The molecule has 132 valence electrons.